The van der Waals surface area contributed by atoms with Crippen molar-refractivity contribution in [2.45, 2.75) is 11.8 Å². The highest BCUT2D eigenvalue weighted by atomic mass is 32.2. The Labute approximate surface area is 143 Å². The lowest BCUT2D eigenvalue weighted by molar-refractivity contribution is -0.114. The molecule has 6 nitrogen and oxygen atoms in total. The number of amides is 3. The number of nitrogens with one attached hydrogen (secondary N) is 3. The van der Waals surface area contributed by atoms with Crippen molar-refractivity contribution in [2.24, 2.45) is 0 Å². The lowest BCUT2D eigenvalue weighted by Gasteiger charge is -2.17. The first-order valence-electron chi connectivity index (χ1n) is 7.27. The molecular formula is C17H15N3O3S. The highest BCUT2D eigenvalue weighted by molar-refractivity contribution is 8.00. The molecule has 1 aliphatic heterocycles. The molecule has 24 heavy (non-hydrogen) atoms. The van der Waals surface area contributed by atoms with Crippen molar-refractivity contribution in [2.75, 3.05) is 21.7 Å². The predicted octanol–water partition coefficient (Wildman–Crippen LogP) is 2.94. The first-order valence-corrected chi connectivity index (χ1v) is 8.25. The summed E-state index contributed by atoms with van der Waals surface area (Å²) in [6.07, 6.45) is 0. The molecule has 0 unspecified atom stereocenters. The molecule has 0 spiro atoms. The maximum absolute atomic E-state index is 12.3. The minimum atomic E-state index is -0.265. The largest absolute Gasteiger partial charge is 0.326 e. The second-order valence-corrected chi connectivity index (χ2v) is 6.28. The molecule has 3 amide bonds. The normalized spacial score (nSPS) is 12.8. The Morgan fingerprint density at radius 1 is 1.04 bits per heavy atom. The van der Waals surface area contributed by atoms with Crippen LogP contribution in [0.1, 0.15) is 17.3 Å². The zero-order chi connectivity index (χ0) is 17.1. The molecule has 0 saturated carbocycles. The van der Waals surface area contributed by atoms with E-state index in [2.05, 4.69) is 16.0 Å². The van der Waals surface area contributed by atoms with Gasteiger partial charge in [-0.15, -0.1) is 11.8 Å². The number of benzene rings is 2. The van der Waals surface area contributed by atoms with Gasteiger partial charge in [0.05, 0.1) is 11.4 Å². The fourth-order valence-electron chi connectivity index (χ4n) is 2.27. The van der Waals surface area contributed by atoms with Gasteiger partial charge in [0.15, 0.2) is 0 Å². The van der Waals surface area contributed by atoms with E-state index in [1.165, 1.54) is 18.7 Å². The molecule has 2 aromatic carbocycles. The van der Waals surface area contributed by atoms with Gasteiger partial charge in [0.25, 0.3) is 5.91 Å². The summed E-state index contributed by atoms with van der Waals surface area (Å²) < 4.78 is 0. The van der Waals surface area contributed by atoms with Crippen molar-refractivity contribution in [1.82, 2.24) is 0 Å². The standard InChI is InChI=1S/C17H15N3O3S/c1-10(21)18-12-4-2-11(3-5-12)17(23)19-13-6-7-15-14(8-13)20-16(22)9-24-15/h2-8H,9H2,1H3,(H,18,21)(H,19,23)(H,20,22). The van der Waals surface area contributed by atoms with E-state index in [-0.39, 0.29) is 17.7 Å². The van der Waals surface area contributed by atoms with E-state index in [0.29, 0.717) is 28.4 Å². The van der Waals surface area contributed by atoms with E-state index in [1.54, 1.807) is 36.4 Å². The van der Waals surface area contributed by atoms with Crippen LogP contribution >= 0.6 is 11.8 Å². The SMILES string of the molecule is CC(=O)Nc1ccc(C(=O)Nc2ccc3c(c2)NC(=O)CS3)cc1. The average Bonchev–Trinajstić information content (AvgIpc) is 2.54. The minimum absolute atomic E-state index is 0.0514. The van der Waals surface area contributed by atoms with Gasteiger partial charge in [-0.3, -0.25) is 14.4 Å². The van der Waals surface area contributed by atoms with Crippen LogP contribution in [-0.2, 0) is 9.59 Å². The quantitative estimate of drug-likeness (QED) is 0.801. The molecule has 3 rings (SSSR count). The monoisotopic (exact) mass is 341 g/mol. The van der Waals surface area contributed by atoms with Gasteiger partial charge in [-0.1, -0.05) is 0 Å². The Morgan fingerprint density at radius 3 is 2.46 bits per heavy atom. The number of anilines is 3. The molecule has 122 valence electrons. The van der Waals surface area contributed by atoms with E-state index in [1.807, 2.05) is 6.07 Å². The van der Waals surface area contributed by atoms with Crippen LogP contribution in [0.5, 0.6) is 0 Å². The van der Waals surface area contributed by atoms with Crippen molar-refractivity contribution in [3.05, 3.63) is 48.0 Å². The van der Waals surface area contributed by atoms with Crippen LogP contribution in [0.2, 0.25) is 0 Å². The lowest BCUT2D eigenvalue weighted by Crippen LogP contribution is -2.19. The van der Waals surface area contributed by atoms with E-state index in [4.69, 9.17) is 0 Å². The fourth-order valence-corrected chi connectivity index (χ4v) is 3.06. The zero-order valence-electron chi connectivity index (χ0n) is 12.9. The Morgan fingerprint density at radius 2 is 1.75 bits per heavy atom. The lowest BCUT2D eigenvalue weighted by atomic mass is 10.2. The van der Waals surface area contributed by atoms with Crippen LogP contribution in [0.4, 0.5) is 17.1 Å². The molecular weight excluding hydrogens is 326 g/mol. The Balaban J connectivity index is 1.71. The molecule has 0 bridgehead atoms. The molecule has 0 radical (unpaired) electrons. The highest BCUT2D eigenvalue weighted by Gasteiger charge is 2.16. The topological polar surface area (TPSA) is 87.3 Å². The summed E-state index contributed by atoms with van der Waals surface area (Å²) in [6, 6.07) is 12.0. The van der Waals surface area contributed by atoms with E-state index < -0.39 is 0 Å². The van der Waals surface area contributed by atoms with E-state index in [9.17, 15) is 14.4 Å². The maximum Gasteiger partial charge on any atom is 0.255 e. The minimum Gasteiger partial charge on any atom is -0.326 e. The van der Waals surface area contributed by atoms with E-state index >= 15 is 0 Å². The van der Waals surface area contributed by atoms with Crippen molar-refractivity contribution in [1.29, 1.82) is 0 Å². The van der Waals surface area contributed by atoms with Crippen molar-refractivity contribution in [3.63, 3.8) is 0 Å². The Bertz CT molecular complexity index is 818. The number of hydrogen-bond acceptors (Lipinski definition) is 4. The summed E-state index contributed by atoms with van der Waals surface area (Å²) in [5.74, 6) is -0.0795. The molecule has 2 aromatic rings. The number of carbonyl (C=O) groups is 3. The predicted molar refractivity (Wildman–Crippen MR) is 94.5 cm³/mol. The third-order valence-corrected chi connectivity index (χ3v) is 4.41. The maximum atomic E-state index is 12.3. The molecule has 0 fully saturated rings. The van der Waals surface area contributed by atoms with Crippen LogP contribution in [-0.4, -0.2) is 23.5 Å². The summed E-state index contributed by atoms with van der Waals surface area (Å²) in [6.45, 7) is 1.42. The molecule has 3 N–H and O–H groups in total. The molecule has 1 aliphatic rings. The molecule has 0 saturated heterocycles. The van der Waals surface area contributed by atoms with Gasteiger partial charge in [-0.05, 0) is 42.5 Å². The van der Waals surface area contributed by atoms with Crippen LogP contribution in [0.25, 0.3) is 0 Å². The van der Waals surface area contributed by atoms with Gasteiger partial charge in [0, 0.05) is 28.8 Å². The molecule has 1 heterocycles. The number of thioether (sulfide) groups is 1. The fraction of sp³-hybridized carbons (Fsp3) is 0.118. The second-order valence-electron chi connectivity index (χ2n) is 5.26. The summed E-state index contributed by atoms with van der Waals surface area (Å²) in [5.41, 5.74) is 2.41. The molecule has 0 aliphatic carbocycles. The summed E-state index contributed by atoms with van der Waals surface area (Å²) in [5, 5.41) is 8.23. The number of rotatable bonds is 3. The summed E-state index contributed by atoms with van der Waals surface area (Å²) in [4.78, 5) is 35.7. The third kappa shape index (κ3) is 3.75. The summed E-state index contributed by atoms with van der Waals surface area (Å²) in [7, 11) is 0. The number of fused-ring (bicyclic) bond motifs is 1. The highest BCUT2D eigenvalue weighted by Crippen LogP contribution is 2.33. The van der Waals surface area contributed by atoms with Crippen LogP contribution in [0.3, 0.4) is 0 Å². The molecule has 7 heteroatoms. The van der Waals surface area contributed by atoms with Gasteiger partial charge in [0.2, 0.25) is 11.8 Å². The second kappa shape index (κ2) is 6.76. The van der Waals surface area contributed by atoms with Crippen LogP contribution in [0, 0.1) is 0 Å². The van der Waals surface area contributed by atoms with Crippen LogP contribution in [0.15, 0.2) is 47.4 Å². The van der Waals surface area contributed by atoms with Crippen molar-refractivity contribution in [3.8, 4) is 0 Å². The Hall–Kier alpha value is -2.80. The van der Waals surface area contributed by atoms with Gasteiger partial charge < -0.3 is 16.0 Å². The summed E-state index contributed by atoms with van der Waals surface area (Å²) >= 11 is 1.47. The van der Waals surface area contributed by atoms with Gasteiger partial charge in [-0.25, -0.2) is 0 Å². The van der Waals surface area contributed by atoms with E-state index in [0.717, 1.165) is 4.90 Å². The molecule has 0 atom stereocenters. The molecule has 0 aromatic heterocycles. The first kappa shape index (κ1) is 16.1. The Kier molecular flexibility index (Phi) is 4.52. The van der Waals surface area contributed by atoms with Gasteiger partial charge in [0.1, 0.15) is 0 Å². The van der Waals surface area contributed by atoms with Gasteiger partial charge >= 0.3 is 0 Å². The zero-order valence-corrected chi connectivity index (χ0v) is 13.7. The smallest absolute Gasteiger partial charge is 0.255 e. The average molecular weight is 341 g/mol. The first-order chi connectivity index (χ1) is 11.5. The number of carbonyl (C=O) groups excluding carboxylic acids is 3. The van der Waals surface area contributed by atoms with Crippen molar-refractivity contribution >= 4 is 46.5 Å². The van der Waals surface area contributed by atoms with Crippen molar-refractivity contribution < 1.29 is 14.4 Å². The number of hydrogen-bond donors (Lipinski definition) is 3. The van der Waals surface area contributed by atoms with Crippen LogP contribution < -0.4 is 16.0 Å². The third-order valence-electron chi connectivity index (χ3n) is 3.34. The van der Waals surface area contributed by atoms with Gasteiger partial charge in [-0.2, -0.15) is 0 Å².